The molecule has 3 aliphatic rings. The third-order valence-corrected chi connectivity index (χ3v) is 16.6. The van der Waals surface area contributed by atoms with Crippen LogP contribution in [-0.2, 0) is 24.8 Å². The van der Waals surface area contributed by atoms with Crippen molar-refractivity contribution in [3.05, 3.63) is 72.4 Å². The lowest BCUT2D eigenvalue weighted by Crippen LogP contribution is -2.59. The number of rotatable bonds is 19. The standard InChI is InChI=1S/C46H60N7O8PS/c1-8-30-24-46(30,62(58,60-9-2)26-31-16-12-13-19-47-31)52-41(54)38-21-33(25-53(38)42(55)40(51-44(56)57)45(5,6)23-29-14-10-11-15-29)61-39-22-36(37-27-63-43(50-37)48-28(3)4)49-35-20-32(59-7)17-18-34(35)39/h8,12-13,16-20,22,27-30,33,38,40,51H,1,9-11,14-15,21,23-26H2,2-7H3,(H,48,50)(H,52,54)(H,56,57)/t30-,33-,38+,40-,46?,62?/m1/s1. The van der Waals surface area contributed by atoms with Gasteiger partial charge >= 0.3 is 6.09 Å². The van der Waals surface area contributed by atoms with Gasteiger partial charge in [-0.1, -0.05) is 51.7 Å². The summed E-state index contributed by atoms with van der Waals surface area (Å²) >= 11 is 1.46. The van der Waals surface area contributed by atoms with Gasteiger partial charge in [-0.2, -0.15) is 0 Å². The first-order valence-corrected chi connectivity index (χ1v) is 24.5. The van der Waals surface area contributed by atoms with Crippen molar-refractivity contribution >= 4 is 52.6 Å². The number of nitrogens with one attached hydrogen (secondary N) is 3. The van der Waals surface area contributed by atoms with Crippen molar-refractivity contribution in [1.82, 2.24) is 30.5 Å². The van der Waals surface area contributed by atoms with Crippen molar-refractivity contribution in [3.63, 3.8) is 0 Å². The van der Waals surface area contributed by atoms with Gasteiger partial charge in [0.15, 0.2) is 5.13 Å². The summed E-state index contributed by atoms with van der Waals surface area (Å²) < 4.78 is 33.6. The number of amides is 3. The molecule has 3 fully saturated rings. The van der Waals surface area contributed by atoms with E-state index in [4.69, 9.17) is 24.0 Å². The minimum Gasteiger partial charge on any atom is -0.497 e. The molecule has 3 aromatic heterocycles. The first-order valence-electron chi connectivity index (χ1n) is 21.8. The van der Waals surface area contributed by atoms with E-state index in [1.54, 1.807) is 38.4 Å². The molecule has 4 N–H and O–H groups in total. The van der Waals surface area contributed by atoms with Crippen LogP contribution < -0.4 is 25.4 Å². The number of benzene rings is 1. The minimum atomic E-state index is -3.69. The Hall–Kier alpha value is -5.05. The van der Waals surface area contributed by atoms with E-state index in [1.165, 1.54) is 16.2 Å². The average Bonchev–Trinajstić information content (AvgIpc) is 3.63. The second kappa shape index (κ2) is 19.0. The fourth-order valence-electron chi connectivity index (χ4n) is 9.44. The molecule has 1 aliphatic heterocycles. The molecule has 0 radical (unpaired) electrons. The second-order valence-corrected chi connectivity index (χ2v) is 21.5. The zero-order valence-electron chi connectivity index (χ0n) is 37.0. The highest BCUT2D eigenvalue weighted by Gasteiger charge is 2.67. The highest BCUT2D eigenvalue weighted by atomic mass is 32.1. The number of likely N-dealkylation sites (tertiary alicyclic amines) is 1. The molecule has 2 aliphatic carbocycles. The van der Waals surface area contributed by atoms with Crippen molar-refractivity contribution in [3.8, 4) is 22.9 Å². The molecular weight excluding hydrogens is 842 g/mol. The average molecular weight is 902 g/mol. The fourth-order valence-corrected chi connectivity index (χ4v) is 13.3. The largest absolute Gasteiger partial charge is 0.497 e. The van der Waals surface area contributed by atoms with Crippen LogP contribution >= 0.6 is 18.7 Å². The molecule has 1 aromatic carbocycles. The van der Waals surface area contributed by atoms with Crippen LogP contribution in [0, 0.1) is 17.3 Å². The fraction of sp³-hybridized carbons (Fsp3) is 0.522. The Morgan fingerprint density at radius 1 is 1.13 bits per heavy atom. The number of carbonyl (C=O) groups is 3. The summed E-state index contributed by atoms with van der Waals surface area (Å²) in [6.07, 6.45) is 6.45. The van der Waals surface area contributed by atoms with Crippen LogP contribution in [0.15, 0.2) is 66.7 Å². The Morgan fingerprint density at radius 2 is 1.90 bits per heavy atom. The zero-order chi connectivity index (χ0) is 45.1. The number of aromatic nitrogens is 3. The van der Waals surface area contributed by atoms with Gasteiger partial charge in [0.1, 0.15) is 40.7 Å². The van der Waals surface area contributed by atoms with Crippen molar-refractivity contribution < 1.29 is 38.1 Å². The highest BCUT2D eigenvalue weighted by Crippen LogP contribution is 2.73. The first-order chi connectivity index (χ1) is 30.1. The van der Waals surface area contributed by atoms with Crippen molar-refractivity contribution in [2.24, 2.45) is 17.3 Å². The van der Waals surface area contributed by atoms with Crippen molar-refractivity contribution in [1.29, 1.82) is 0 Å². The number of nitrogens with zero attached hydrogens (tertiary/aromatic N) is 4. The van der Waals surface area contributed by atoms with E-state index in [-0.39, 0.29) is 37.7 Å². The molecule has 4 aromatic rings. The number of anilines is 1. The molecule has 6 atom stereocenters. The molecule has 338 valence electrons. The number of ether oxygens (including phenoxy) is 2. The second-order valence-electron chi connectivity index (χ2n) is 18.0. The lowest BCUT2D eigenvalue weighted by atomic mass is 9.75. The number of pyridine rings is 2. The van der Waals surface area contributed by atoms with Gasteiger partial charge < -0.3 is 40.0 Å². The summed E-state index contributed by atoms with van der Waals surface area (Å²) in [6.45, 7) is 13.7. The third kappa shape index (κ3) is 10.0. The van der Waals surface area contributed by atoms with E-state index in [9.17, 15) is 14.7 Å². The van der Waals surface area contributed by atoms with Gasteiger partial charge in [0.25, 0.3) is 0 Å². The number of carboxylic acid groups (broad SMARTS) is 1. The number of carbonyl (C=O) groups excluding carboxylic acids is 2. The maximum atomic E-state index is 15.1. The number of fused-ring (bicyclic) bond motifs is 1. The first kappa shape index (κ1) is 46.0. The quantitative estimate of drug-likeness (QED) is 0.0517. The molecule has 4 heterocycles. The maximum absolute atomic E-state index is 15.1. The smallest absolute Gasteiger partial charge is 0.405 e. The Bertz CT molecular complexity index is 2350. The maximum Gasteiger partial charge on any atom is 0.405 e. The molecule has 17 heteroatoms. The summed E-state index contributed by atoms with van der Waals surface area (Å²) in [5, 5.41) is 21.2. The number of hydrogen-bond acceptors (Lipinski definition) is 12. The van der Waals surface area contributed by atoms with Crippen LogP contribution in [0.2, 0.25) is 0 Å². The van der Waals surface area contributed by atoms with Gasteiger partial charge in [-0.15, -0.1) is 17.9 Å². The lowest BCUT2D eigenvalue weighted by molar-refractivity contribution is -0.142. The number of hydrogen-bond donors (Lipinski definition) is 4. The molecular formula is C46H60N7O8PS. The summed E-state index contributed by atoms with van der Waals surface area (Å²) in [5.74, 6) is -0.0292. The van der Waals surface area contributed by atoms with Crippen LogP contribution in [0.3, 0.4) is 0 Å². The van der Waals surface area contributed by atoms with E-state index >= 15 is 9.36 Å². The van der Waals surface area contributed by atoms with Crippen LogP contribution in [0.5, 0.6) is 11.5 Å². The molecule has 2 unspecified atom stereocenters. The molecule has 63 heavy (non-hydrogen) atoms. The van der Waals surface area contributed by atoms with E-state index in [0.29, 0.717) is 58.2 Å². The van der Waals surface area contributed by atoms with Gasteiger partial charge in [0, 0.05) is 47.5 Å². The van der Waals surface area contributed by atoms with E-state index in [0.717, 1.165) is 30.8 Å². The molecule has 2 saturated carbocycles. The van der Waals surface area contributed by atoms with Gasteiger partial charge in [0.05, 0.1) is 43.3 Å². The summed E-state index contributed by atoms with van der Waals surface area (Å²) in [7, 11) is -2.11. The Morgan fingerprint density at radius 3 is 2.56 bits per heavy atom. The number of methoxy groups -OCH3 is 1. The van der Waals surface area contributed by atoms with E-state index in [1.807, 2.05) is 63.4 Å². The van der Waals surface area contributed by atoms with E-state index < -0.39 is 54.2 Å². The van der Waals surface area contributed by atoms with Gasteiger partial charge in [-0.3, -0.25) is 19.1 Å². The Balaban J connectivity index is 1.26. The monoisotopic (exact) mass is 901 g/mol. The summed E-state index contributed by atoms with van der Waals surface area (Å²) in [5.41, 5.74) is 1.56. The molecule has 0 bridgehead atoms. The predicted molar refractivity (Wildman–Crippen MR) is 244 cm³/mol. The van der Waals surface area contributed by atoms with Gasteiger partial charge in [-0.05, 0) is 69.2 Å². The van der Waals surface area contributed by atoms with Gasteiger partial charge in [-0.25, -0.2) is 14.8 Å². The molecule has 0 spiro atoms. The molecule has 3 amide bonds. The van der Waals surface area contributed by atoms with E-state index in [2.05, 4.69) is 27.5 Å². The Labute approximate surface area is 373 Å². The van der Waals surface area contributed by atoms with Crippen molar-refractivity contribution in [2.45, 2.75) is 115 Å². The number of thiazole rings is 1. The third-order valence-electron chi connectivity index (χ3n) is 12.5. The Kier molecular flexibility index (Phi) is 13.8. The minimum absolute atomic E-state index is 0.0123. The topological polar surface area (TPSA) is 194 Å². The highest BCUT2D eigenvalue weighted by molar-refractivity contribution is 7.60. The summed E-state index contributed by atoms with van der Waals surface area (Å²) in [6, 6.07) is 10.5. The van der Waals surface area contributed by atoms with Crippen LogP contribution in [0.25, 0.3) is 22.3 Å². The van der Waals surface area contributed by atoms with Crippen LogP contribution in [0.1, 0.15) is 85.3 Å². The predicted octanol–water partition coefficient (Wildman–Crippen LogP) is 8.71. The SMILES string of the molecule is C=C[C@@H]1CC1(NC(=O)[C@@H]1C[C@@H](Oc2cc(-c3csc(NC(C)C)n3)nc3cc(OC)ccc23)CN1C(=O)[C@@H](NC(=O)O)C(C)(C)CC1CCCC1)P(=O)(Cc1ccccn1)OCC. The zero-order valence-corrected chi connectivity index (χ0v) is 38.7. The summed E-state index contributed by atoms with van der Waals surface area (Å²) in [4.78, 5) is 58.1. The molecule has 1 saturated heterocycles. The van der Waals surface area contributed by atoms with Crippen molar-refractivity contribution in [2.75, 3.05) is 25.6 Å². The van der Waals surface area contributed by atoms with Crippen LogP contribution in [-0.4, -0.2) is 92.6 Å². The van der Waals surface area contributed by atoms with Crippen LogP contribution in [0.4, 0.5) is 9.93 Å². The van der Waals surface area contributed by atoms with Gasteiger partial charge in [0.2, 0.25) is 19.2 Å². The molecule has 15 nitrogen and oxygen atoms in total. The molecule has 7 rings (SSSR count). The normalized spacial score (nSPS) is 22.7. The lowest BCUT2D eigenvalue weighted by Gasteiger charge is -2.38.